The smallest absolute Gasteiger partial charge is 0.326 e. The maximum atomic E-state index is 12.5. The molecule has 1 saturated heterocycles. The van der Waals surface area contributed by atoms with Gasteiger partial charge < -0.3 is 31.1 Å². The predicted octanol–water partition coefficient (Wildman–Crippen LogP) is -0.590. The average Bonchev–Trinajstić information content (AvgIpc) is 3.20. The first-order valence-electron chi connectivity index (χ1n) is 10.3. The van der Waals surface area contributed by atoms with E-state index in [2.05, 4.69) is 20.3 Å². The van der Waals surface area contributed by atoms with Crippen LogP contribution in [0.2, 0.25) is 0 Å². The summed E-state index contributed by atoms with van der Waals surface area (Å²) >= 11 is 0. The molecule has 0 radical (unpaired) electrons. The van der Waals surface area contributed by atoms with E-state index in [9.17, 15) is 24.3 Å². The van der Waals surface area contributed by atoms with Crippen LogP contribution in [0.15, 0.2) is 33.7 Å². The first-order valence-corrected chi connectivity index (χ1v) is 10.3. The number of nitrogens with zero attached hydrogens (tertiary/aromatic N) is 4. The second kappa shape index (κ2) is 8.76. The third-order valence-electron chi connectivity index (χ3n) is 5.73. The number of anilines is 2. The van der Waals surface area contributed by atoms with Crippen molar-refractivity contribution in [2.75, 3.05) is 23.8 Å². The number of aromatic nitrogens is 2. The van der Waals surface area contributed by atoms with E-state index >= 15 is 0 Å². The zero-order valence-corrected chi connectivity index (χ0v) is 17.5. The molecule has 174 valence electrons. The number of aromatic amines is 1. The molecule has 1 aromatic rings. The van der Waals surface area contributed by atoms with Crippen LogP contribution < -0.4 is 21.5 Å². The number of H-pyrrole nitrogens is 1. The minimum atomic E-state index is -1.28. The fourth-order valence-corrected chi connectivity index (χ4v) is 4.04. The minimum absolute atomic E-state index is 0.000686. The maximum absolute atomic E-state index is 12.5. The Morgan fingerprint density at radius 3 is 2.79 bits per heavy atom. The number of hydrogen-bond acceptors (Lipinski definition) is 9. The quantitative estimate of drug-likeness (QED) is 0.353. The van der Waals surface area contributed by atoms with E-state index in [0.717, 1.165) is 5.70 Å². The molecular formula is C20H23N7O6. The SMILES string of the molecule is Nc1nc2c(c(=O)[nH]1)N1CN(C3=CCC(C(=O)NC(CCC(=O)O)C(=O)O)C=C3)CC1C=N2. The van der Waals surface area contributed by atoms with Gasteiger partial charge in [0, 0.05) is 24.9 Å². The Labute approximate surface area is 187 Å². The molecule has 2 aliphatic heterocycles. The molecule has 1 aliphatic carbocycles. The van der Waals surface area contributed by atoms with Crippen LogP contribution in [0, 0.1) is 5.92 Å². The summed E-state index contributed by atoms with van der Waals surface area (Å²) in [5, 5.41) is 20.4. The lowest BCUT2D eigenvalue weighted by atomic mass is 9.97. The van der Waals surface area contributed by atoms with Gasteiger partial charge in [-0.2, -0.15) is 4.98 Å². The van der Waals surface area contributed by atoms with Gasteiger partial charge in [-0.25, -0.2) is 9.79 Å². The summed E-state index contributed by atoms with van der Waals surface area (Å²) in [6.07, 6.45) is 6.87. The molecule has 3 atom stereocenters. The number of aliphatic imine (C=N–C) groups is 1. The lowest BCUT2D eigenvalue weighted by Gasteiger charge is -2.26. The van der Waals surface area contributed by atoms with Crippen LogP contribution in [0.25, 0.3) is 0 Å². The average molecular weight is 457 g/mol. The van der Waals surface area contributed by atoms with Gasteiger partial charge in [-0.15, -0.1) is 0 Å². The zero-order chi connectivity index (χ0) is 23.7. The van der Waals surface area contributed by atoms with Crippen molar-refractivity contribution in [3.63, 3.8) is 0 Å². The number of allylic oxidation sites excluding steroid dienone is 2. The Morgan fingerprint density at radius 2 is 2.12 bits per heavy atom. The predicted molar refractivity (Wildman–Crippen MR) is 117 cm³/mol. The summed E-state index contributed by atoms with van der Waals surface area (Å²) in [6.45, 7) is 0.998. The minimum Gasteiger partial charge on any atom is -0.481 e. The lowest BCUT2D eigenvalue weighted by Crippen LogP contribution is -2.43. The summed E-state index contributed by atoms with van der Waals surface area (Å²) in [6, 6.07) is -1.38. The van der Waals surface area contributed by atoms with Crippen molar-refractivity contribution in [2.45, 2.75) is 31.3 Å². The summed E-state index contributed by atoms with van der Waals surface area (Å²) in [5.74, 6) is -3.17. The first-order chi connectivity index (χ1) is 15.7. The van der Waals surface area contributed by atoms with Crippen molar-refractivity contribution in [1.82, 2.24) is 20.2 Å². The van der Waals surface area contributed by atoms with Gasteiger partial charge in [-0.3, -0.25) is 19.4 Å². The molecule has 3 unspecified atom stereocenters. The van der Waals surface area contributed by atoms with Gasteiger partial charge in [0.15, 0.2) is 11.5 Å². The van der Waals surface area contributed by atoms with Crippen molar-refractivity contribution < 1.29 is 24.6 Å². The van der Waals surface area contributed by atoms with Gasteiger partial charge in [0.25, 0.3) is 5.56 Å². The molecule has 1 aromatic heterocycles. The number of nitrogen functional groups attached to an aromatic ring is 1. The molecule has 0 spiro atoms. The largest absolute Gasteiger partial charge is 0.481 e. The number of carboxylic acids is 2. The highest BCUT2D eigenvalue weighted by molar-refractivity contribution is 5.87. The summed E-state index contributed by atoms with van der Waals surface area (Å²) < 4.78 is 0. The summed E-state index contributed by atoms with van der Waals surface area (Å²) in [4.78, 5) is 61.7. The van der Waals surface area contributed by atoms with E-state index in [-0.39, 0.29) is 36.2 Å². The highest BCUT2D eigenvalue weighted by atomic mass is 16.4. The van der Waals surface area contributed by atoms with Crippen LogP contribution >= 0.6 is 0 Å². The monoisotopic (exact) mass is 457 g/mol. The fraction of sp³-hybridized carbons (Fsp3) is 0.400. The van der Waals surface area contributed by atoms with Crippen LogP contribution in [0.4, 0.5) is 17.5 Å². The van der Waals surface area contributed by atoms with E-state index in [0.29, 0.717) is 25.3 Å². The third-order valence-corrected chi connectivity index (χ3v) is 5.73. The van der Waals surface area contributed by atoms with Gasteiger partial charge >= 0.3 is 11.9 Å². The van der Waals surface area contributed by atoms with Crippen LogP contribution in [-0.2, 0) is 14.4 Å². The summed E-state index contributed by atoms with van der Waals surface area (Å²) in [5.41, 5.74) is 6.46. The third kappa shape index (κ3) is 4.56. The van der Waals surface area contributed by atoms with E-state index in [4.69, 9.17) is 10.8 Å². The molecule has 0 bridgehead atoms. The molecular weight excluding hydrogens is 434 g/mol. The number of carbonyl (C=O) groups excluding carboxylic acids is 1. The van der Waals surface area contributed by atoms with Gasteiger partial charge in [-0.1, -0.05) is 12.2 Å². The summed E-state index contributed by atoms with van der Waals surface area (Å²) in [7, 11) is 0. The molecule has 0 saturated carbocycles. The zero-order valence-electron chi connectivity index (χ0n) is 17.5. The van der Waals surface area contributed by atoms with Crippen LogP contribution in [0.1, 0.15) is 19.3 Å². The Kier molecular flexibility index (Phi) is 5.85. The molecule has 13 nitrogen and oxygen atoms in total. The van der Waals surface area contributed by atoms with Crippen LogP contribution in [0.3, 0.4) is 0 Å². The number of carboxylic acid groups (broad SMARTS) is 2. The second-order valence-electron chi connectivity index (χ2n) is 7.96. The van der Waals surface area contributed by atoms with Crippen molar-refractivity contribution in [1.29, 1.82) is 0 Å². The highest BCUT2D eigenvalue weighted by Gasteiger charge is 2.36. The van der Waals surface area contributed by atoms with Gasteiger partial charge in [0.1, 0.15) is 6.04 Å². The van der Waals surface area contributed by atoms with E-state index in [1.165, 1.54) is 0 Å². The number of nitrogens with two attached hydrogens (primary N) is 1. The normalized spacial score (nSPS) is 21.8. The maximum Gasteiger partial charge on any atom is 0.326 e. The van der Waals surface area contributed by atoms with Crippen molar-refractivity contribution in [3.8, 4) is 0 Å². The molecule has 6 N–H and O–H groups in total. The number of rotatable bonds is 7. The van der Waals surface area contributed by atoms with Gasteiger partial charge in [0.05, 0.1) is 18.6 Å². The lowest BCUT2D eigenvalue weighted by molar-refractivity contribution is -0.143. The molecule has 3 aliphatic rings. The number of aliphatic carboxylic acids is 2. The first kappa shape index (κ1) is 22.0. The van der Waals surface area contributed by atoms with Gasteiger partial charge in [-0.05, 0) is 18.9 Å². The number of amides is 1. The number of nitrogens with one attached hydrogen (secondary N) is 2. The fourth-order valence-electron chi connectivity index (χ4n) is 4.04. The Morgan fingerprint density at radius 1 is 1.33 bits per heavy atom. The Bertz CT molecular complexity index is 1140. The topological polar surface area (TPSA) is 194 Å². The van der Waals surface area contributed by atoms with E-state index in [1.807, 2.05) is 15.9 Å². The number of fused-ring (bicyclic) bond motifs is 3. The van der Waals surface area contributed by atoms with Gasteiger partial charge in [0.2, 0.25) is 11.9 Å². The highest BCUT2D eigenvalue weighted by Crippen LogP contribution is 2.33. The van der Waals surface area contributed by atoms with Crippen LogP contribution in [-0.4, -0.2) is 74.4 Å². The molecule has 3 heterocycles. The van der Waals surface area contributed by atoms with E-state index < -0.39 is 29.8 Å². The number of hydrogen-bond donors (Lipinski definition) is 5. The molecule has 1 fully saturated rings. The molecule has 33 heavy (non-hydrogen) atoms. The molecule has 13 heteroatoms. The number of carbonyl (C=O) groups is 3. The molecule has 4 rings (SSSR count). The van der Waals surface area contributed by atoms with Crippen LogP contribution in [0.5, 0.6) is 0 Å². The van der Waals surface area contributed by atoms with Crippen molar-refractivity contribution >= 4 is 41.5 Å². The van der Waals surface area contributed by atoms with Crippen molar-refractivity contribution in [3.05, 3.63) is 34.3 Å². The van der Waals surface area contributed by atoms with E-state index in [1.54, 1.807) is 18.4 Å². The standard InChI is InChI=1S/C20H23N7O6/c21-20-24-16-15(18(31)25-20)27-9-26(8-12(27)7-22-16)11-3-1-10(2-4-11)17(30)23-13(19(32)33)5-6-14(28)29/h1,3-4,7,10,12-13H,2,5-6,8-9H2,(H,23,30)(H,28,29)(H,32,33)(H3,21,24,25,31). The molecule has 0 aromatic carbocycles. The second-order valence-corrected chi connectivity index (χ2v) is 7.96. The Balaban J connectivity index is 1.39. The Hall–Kier alpha value is -4.16. The van der Waals surface area contributed by atoms with Crippen molar-refractivity contribution in [2.24, 2.45) is 10.9 Å². The molecule has 1 amide bonds.